The topological polar surface area (TPSA) is 72.4 Å². The maximum atomic E-state index is 10.9. The number of hydrogen-bond donors (Lipinski definition) is 2. The van der Waals surface area contributed by atoms with Crippen molar-refractivity contribution in [2.24, 2.45) is 0 Å². The largest absolute Gasteiger partial charge is 0.490 e. The molecule has 1 saturated carbocycles. The highest BCUT2D eigenvalue weighted by Crippen LogP contribution is 2.34. The molecule has 2 aromatic carbocycles. The Balaban J connectivity index is 1.23. The van der Waals surface area contributed by atoms with Crippen molar-refractivity contribution in [2.45, 2.75) is 69.4 Å². The molecule has 2 aliphatic heterocycles. The molecular weight excluding hydrogens is 468 g/mol. The van der Waals surface area contributed by atoms with Gasteiger partial charge >= 0.3 is 0 Å². The number of piperidine rings is 1. The number of methoxy groups -OCH3 is 1. The lowest BCUT2D eigenvalue weighted by Crippen LogP contribution is -2.49. The number of benzene rings is 2. The first-order chi connectivity index (χ1) is 18.2. The van der Waals surface area contributed by atoms with E-state index in [1.807, 2.05) is 6.07 Å². The van der Waals surface area contributed by atoms with E-state index in [0.29, 0.717) is 32.4 Å². The normalized spacial score (nSPS) is 24.4. The Morgan fingerprint density at radius 1 is 1.05 bits per heavy atom. The Morgan fingerprint density at radius 2 is 1.89 bits per heavy atom. The van der Waals surface area contributed by atoms with Gasteiger partial charge in [-0.3, -0.25) is 0 Å². The SMILES string of the molecule is COCCCN1CCOc2ccc(COC3CNCC(O)[C@@H]3c3ccc(OC4CCCCC4)cc3)cc21. The fourth-order valence-corrected chi connectivity index (χ4v) is 5.86. The number of aliphatic hydroxyl groups is 1. The molecule has 2 heterocycles. The maximum absolute atomic E-state index is 10.9. The molecule has 2 N–H and O–H groups in total. The van der Waals surface area contributed by atoms with E-state index in [2.05, 4.69) is 46.6 Å². The van der Waals surface area contributed by atoms with Crippen LogP contribution < -0.4 is 19.7 Å². The molecule has 7 heteroatoms. The number of nitrogens with one attached hydrogen (secondary N) is 1. The summed E-state index contributed by atoms with van der Waals surface area (Å²) >= 11 is 0. The highest BCUT2D eigenvalue weighted by atomic mass is 16.5. The van der Waals surface area contributed by atoms with Crippen LogP contribution in [0.25, 0.3) is 0 Å². The first kappa shape index (κ1) is 26.3. The predicted octanol–water partition coefficient (Wildman–Crippen LogP) is 4.27. The zero-order valence-electron chi connectivity index (χ0n) is 22.1. The number of anilines is 1. The monoisotopic (exact) mass is 510 g/mol. The van der Waals surface area contributed by atoms with Crippen LogP contribution in [-0.4, -0.2) is 69.9 Å². The summed E-state index contributed by atoms with van der Waals surface area (Å²) in [7, 11) is 1.74. The van der Waals surface area contributed by atoms with E-state index in [1.165, 1.54) is 19.3 Å². The lowest BCUT2D eigenvalue weighted by Gasteiger charge is -2.36. The van der Waals surface area contributed by atoms with E-state index in [4.69, 9.17) is 18.9 Å². The summed E-state index contributed by atoms with van der Waals surface area (Å²) in [5.74, 6) is 1.76. The molecule has 202 valence electrons. The van der Waals surface area contributed by atoms with Crippen molar-refractivity contribution in [3.63, 3.8) is 0 Å². The van der Waals surface area contributed by atoms with Crippen molar-refractivity contribution in [3.8, 4) is 11.5 Å². The zero-order valence-corrected chi connectivity index (χ0v) is 22.1. The quantitative estimate of drug-likeness (QED) is 0.463. The Hall–Kier alpha value is -2.32. The molecule has 2 fully saturated rings. The molecule has 1 saturated heterocycles. The minimum atomic E-state index is -0.503. The van der Waals surface area contributed by atoms with Gasteiger partial charge in [0, 0.05) is 39.3 Å². The Morgan fingerprint density at radius 3 is 2.70 bits per heavy atom. The summed E-state index contributed by atoms with van der Waals surface area (Å²) in [5.41, 5.74) is 3.32. The molecule has 5 rings (SSSR count). The van der Waals surface area contributed by atoms with Crippen LogP contribution in [0.3, 0.4) is 0 Å². The summed E-state index contributed by atoms with van der Waals surface area (Å²) in [5, 5.41) is 14.2. The van der Waals surface area contributed by atoms with Gasteiger partial charge in [-0.25, -0.2) is 0 Å². The van der Waals surface area contributed by atoms with E-state index >= 15 is 0 Å². The zero-order chi connectivity index (χ0) is 25.5. The fourth-order valence-electron chi connectivity index (χ4n) is 5.86. The average molecular weight is 511 g/mol. The van der Waals surface area contributed by atoms with E-state index in [1.54, 1.807) is 7.11 Å². The summed E-state index contributed by atoms with van der Waals surface area (Å²) in [4.78, 5) is 2.37. The molecule has 2 aromatic rings. The van der Waals surface area contributed by atoms with E-state index in [-0.39, 0.29) is 12.0 Å². The molecule has 3 atom stereocenters. The first-order valence-electron chi connectivity index (χ1n) is 14.0. The summed E-state index contributed by atoms with van der Waals surface area (Å²) < 4.78 is 23.8. The van der Waals surface area contributed by atoms with Crippen LogP contribution in [-0.2, 0) is 16.1 Å². The molecule has 3 aliphatic rings. The second-order valence-electron chi connectivity index (χ2n) is 10.5. The predicted molar refractivity (Wildman–Crippen MR) is 145 cm³/mol. The summed E-state index contributed by atoms with van der Waals surface area (Å²) in [6.07, 6.45) is 6.80. The third-order valence-electron chi connectivity index (χ3n) is 7.86. The van der Waals surface area contributed by atoms with Gasteiger partial charge in [0.15, 0.2) is 0 Å². The fraction of sp³-hybridized carbons (Fsp3) is 0.600. The molecule has 2 unspecified atom stereocenters. The molecule has 37 heavy (non-hydrogen) atoms. The minimum absolute atomic E-state index is 0.0866. The third-order valence-corrected chi connectivity index (χ3v) is 7.86. The van der Waals surface area contributed by atoms with Crippen molar-refractivity contribution in [1.82, 2.24) is 5.32 Å². The van der Waals surface area contributed by atoms with Gasteiger partial charge in [0.05, 0.1) is 37.2 Å². The summed E-state index contributed by atoms with van der Waals surface area (Å²) in [6.45, 7) is 5.03. The van der Waals surface area contributed by atoms with Gasteiger partial charge in [0.25, 0.3) is 0 Å². The second-order valence-corrected chi connectivity index (χ2v) is 10.5. The highest BCUT2D eigenvalue weighted by molar-refractivity contribution is 5.61. The highest BCUT2D eigenvalue weighted by Gasteiger charge is 2.34. The van der Waals surface area contributed by atoms with Crippen LogP contribution in [0.2, 0.25) is 0 Å². The van der Waals surface area contributed by atoms with Crippen molar-refractivity contribution in [3.05, 3.63) is 53.6 Å². The second kappa shape index (κ2) is 13.0. The molecule has 7 nitrogen and oxygen atoms in total. The van der Waals surface area contributed by atoms with Crippen LogP contribution in [0.5, 0.6) is 11.5 Å². The Labute approximate surface area is 221 Å². The van der Waals surface area contributed by atoms with E-state index < -0.39 is 6.10 Å². The molecule has 0 radical (unpaired) electrons. The molecule has 0 spiro atoms. The Kier molecular flexibility index (Phi) is 9.21. The van der Waals surface area contributed by atoms with Crippen LogP contribution in [0, 0.1) is 0 Å². The van der Waals surface area contributed by atoms with Crippen molar-refractivity contribution in [1.29, 1.82) is 0 Å². The number of fused-ring (bicyclic) bond motifs is 1. The Bertz CT molecular complexity index is 978. The number of ether oxygens (including phenoxy) is 4. The third kappa shape index (κ3) is 6.77. The van der Waals surface area contributed by atoms with Crippen molar-refractivity contribution >= 4 is 5.69 Å². The van der Waals surface area contributed by atoms with E-state index in [0.717, 1.165) is 67.3 Å². The van der Waals surface area contributed by atoms with Crippen LogP contribution in [0.15, 0.2) is 42.5 Å². The molecule has 0 amide bonds. The first-order valence-corrected chi connectivity index (χ1v) is 14.0. The van der Waals surface area contributed by atoms with Gasteiger partial charge in [0.2, 0.25) is 0 Å². The standard InChI is InChI=1S/C30H42N2O5/c1-34-16-5-14-32-15-17-35-28-13-8-22(18-26(28)32)21-36-29-20-31-19-27(33)30(29)23-9-11-25(12-10-23)37-24-6-3-2-4-7-24/h8-13,18,24,27,29-31,33H,2-7,14-17,19-21H2,1H3/t27?,29?,30-/m0/s1. The molecule has 0 aromatic heterocycles. The van der Waals surface area contributed by atoms with Crippen molar-refractivity contribution in [2.75, 3.05) is 51.4 Å². The van der Waals surface area contributed by atoms with Crippen molar-refractivity contribution < 1.29 is 24.1 Å². The van der Waals surface area contributed by atoms with Gasteiger partial charge in [-0.2, -0.15) is 0 Å². The van der Waals surface area contributed by atoms with Crippen LogP contribution >= 0.6 is 0 Å². The number of hydrogen-bond acceptors (Lipinski definition) is 7. The smallest absolute Gasteiger partial charge is 0.142 e. The van der Waals surface area contributed by atoms with Gasteiger partial charge < -0.3 is 34.3 Å². The number of β-amino-alcohol motifs (C(OH)–C–C–N with tert-alkyl or cyclic N) is 1. The molecule has 1 aliphatic carbocycles. The number of rotatable bonds is 10. The van der Waals surface area contributed by atoms with Gasteiger partial charge in [-0.15, -0.1) is 0 Å². The lowest BCUT2D eigenvalue weighted by molar-refractivity contribution is -0.0328. The van der Waals surface area contributed by atoms with Gasteiger partial charge in [-0.1, -0.05) is 24.6 Å². The maximum Gasteiger partial charge on any atom is 0.142 e. The van der Waals surface area contributed by atoms with Crippen LogP contribution in [0.4, 0.5) is 5.69 Å². The number of nitrogens with zero attached hydrogens (tertiary/aromatic N) is 1. The van der Waals surface area contributed by atoms with Crippen LogP contribution in [0.1, 0.15) is 55.6 Å². The van der Waals surface area contributed by atoms with E-state index in [9.17, 15) is 5.11 Å². The molecular formula is C30H42N2O5. The number of aliphatic hydroxyl groups excluding tert-OH is 1. The minimum Gasteiger partial charge on any atom is -0.490 e. The van der Waals surface area contributed by atoms with Gasteiger partial charge in [-0.05, 0) is 67.5 Å². The lowest BCUT2D eigenvalue weighted by atomic mass is 9.85. The van der Waals surface area contributed by atoms with Gasteiger partial charge in [0.1, 0.15) is 18.1 Å². The molecule has 0 bridgehead atoms. The summed E-state index contributed by atoms with van der Waals surface area (Å²) in [6, 6.07) is 14.6. The average Bonchev–Trinajstić information content (AvgIpc) is 2.93.